The van der Waals surface area contributed by atoms with Gasteiger partial charge in [-0.25, -0.2) is 0 Å². The lowest BCUT2D eigenvalue weighted by Gasteiger charge is -1.93. The fourth-order valence-electron chi connectivity index (χ4n) is 0.790. The largest absolute Gasteiger partial charge is 0.392 e. The van der Waals surface area contributed by atoms with E-state index in [-0.39, 0.29) is 6.10 Å². The third-order valence-electron chi connectivity index (χ3n) is 1.24. The summed E-state index contributed by atoms with van der Waals surface area (Å²) < 4.78 is 0. The molecule has 1 aliphatic carbocycles. The average Bonchev–Trinajstić information content (AvgIpc) is 2.14. The monoisotopic (exact) mass is 109 g/mol. The second-order valence-electron chi connectivity index (χ2n) is 1.93. The van der Waals surface area contributed by atoms with Crippen LogP contribution < -0.4 is 0 Å². The minimum Gasteiger partial charge on any atom is -0.392 e. The van der Waals surface area contributed by atoms with E-state index in [1.807, 2.05) is 6.07 Å². The number of nitrogens with zero attached hydrogens (tertiary/aromatic N) is 1. The summed E-state index contributed by atoms with van der Waals surface area (Å²) >= 11 is 0. The SMILES string of the molecule is N#CC1=CCC(O)C1. The van der Waals surface area contributed by atoms with Crippen molar-refractivity contribution in [2.45, 2.75) is 18.9 Å². The molecular formula is C6H7NO. The van der Waals surface area contributed by atoms with E-state index >= 15 is 0 Å². The molecule has 1 rings (SSSR count). The van der Waals surface area contributed by atoms with Crippen molar-refractivity contribution in [3.63, 3.8) is 0 Å². The van der Waals surface area contributed by atoms with Gasteiger partial charge < -0.3 is 5.11 Å². The van der Waals surface area contributed by atoms with Gasteiger partial charge in [-0.3, -0.25) is 0 Å². The second kappa shape index (κ2) is 1.97. The van der Waals surface area contributed by atoms with Gasteiger partial charge in [-0.15, -0.1) is 0 Å². The zero-order valence-electron chi connectivity index (χ0n) is 4.46. The van der Waals surface area contributed by atoms with Crippen LogP contribution in [0.15, 0.2) is 11.6 Å². The Labute approximate surface area is 48.1 Å². The van der Waals surface area contributed by atoms with Crippen molar-refractivity contribution < 1.29 is 5.11 Å². The van der Waals surface area contributed by atoms with Crippen molar-refractivity contribution in [1.82, 2.24) is 0 Å². The number of aliphatic hydroxyl groups excluding tert-OH is 1. The molecule has 1 unspecified atom stereocenters. The Bertz CT molecular complexity index is 154. The molecule has 0 amide bonds. The summed E-state index contributed by atoms with van der Waals surface area (Å²) in [5.41, 5.74) is 0.720. The van der Waals surface area contributed by atoms with Gasteiger partial charge in [0, 0.05) is 12.0 Å². The van der Waals surface area contributed by atoms with Crippen LogP contribution in [-0.2, 0) is 0 Å². The van der Waals surface area contributed by atoms with Crippen LogP contribution in [0.25, 0.3) is 0 Å². The summed E-state index contributed by atoms with van der Waals surface area (Å²) in [6.07, 6.45) is 2.70. The highest BCUT2D eigenvalue weighted by atomic mass is 16.3. The minimum absolute atomic E-state index is 0.287. The van der Waals surface area contributed by atoms with E-state index in [1.165, 1.54) is 0 Å². The van der Waals surface area contributed by atoms with Crippen LogP contribution in [0.5, 0.6) is 0 Å². The van der Waals surface area contributed by atoms with Crippen LogP contribution in [-0.4, -0.2) is 11.2 Å². The molecule has 0 aromatic rings. The molecule has 1 atom stereocenters. The van der Waals surface area contributed by atoms with Gasteiger partial charge in [-0.05, 0) is 6.42 Å². The Morgan fingerprint density at radius 3 is 2.88 bits per heavy atom. The third kappa shape index (κ3) is 0.877. The van der Waals surface area contributed by atoms with E-state index in [4.69, 9.17) is 10.4 Å². The van der Waals surface area contributed by atoms with Crippen molar-refractivity contribution in [2.75, 3.05) is 0 Å². The zero-order chi connectivity index (χ0) is 5.98. The molecule has 0 radical (unpaired) electrons. The van der Waals surface area contributed by atoms with Crippen LogP contribution >= 0.6 is 0 Å². The fraction of sp³-hybridized carbons (Fsp3) is 0.500. The molecule has 42 valence electrons. The maximum Gasteiger partial charge on any atom is 0.0944 e. The Morgan fingerprint density at radius 1 is 1.88 bits per heavy atom. The molecule has 0 heterocycles. The van der Waals surface area contributed by atoms with E-state index in [0.29, 0.717) is 12.8 Å². The topological polar surface area (TPSA) is 44.0 Å². The summed E-state index contributed by atoms with van der Waals surface area (Å²) in [5, 5.41) is 17.1. The number of hydrogen-bond acceptors (Lipinski definition) is 2. The van der Waals surface area contributed by atoms with Gasteiger partial charge in [-0.2, -0.15) is 5.26 Å². The van der Waals surface area contributed by atoms with Gasteiger partial charge in [0.25, 0.3) is 0 Å². The maximum absolute atomic E-state index is 8.83. The third-order valence-corrected chi connectivity index (χ3v) is 1.24. The minimum atomic E-state index is -0.287. The molecule has 0 aliphatic heterocycles. The highest BCUT2D eigenvalue weighted by Crippen LogP contribution is 2.16. The molecule has 8 heavy (non-hydrogen) atoms. The van der Waals surface area contributed by atoms with Crippen molar-refractivity contribution in [2.24, 2.45) is 0 Å². The lowest BCUT2D eigenvalue weighted by atomic mass is 10.2. The van der Waals surface area contributed by atoms with Gasteiger partial charge in [-0.1, -0.05) is 6.08 Å². The Morgan fingerprint density at radius 2 is 2.62 bits per heavy atom. The normalized spacial score (nSPS) is 27.0. The van der Waals surface area contributed by atoms with Crippen molar-refractivity contribution in [3.8, 4) is 6.07 Å². The fourth-order valence-corrected chi connectivity index (χ4v) is 0.790. The lowest BCUT2D eigenvalue weighted by molar-refractivity contribution is 0.188. The Hall–Kier alpha value is -0.810. The quantitative estimate of drug-likeness (QED) is 0.494. The first-order valence-electron chi connectivity index (χ1n) is 2.60. The van der Waals surface area contributed by atoms with Gasteiger partial charge in [0.05, 0.1) is 12.2 Å². The number of hydrogen-bond donors (Lipinski definition) is 1. The summed E-state index contributed by atoms with van der Waals surface area (Å²) in [4.78, 5) is 0. The molecule has 2 nitrogen and oxygen atoms in total. The zero-order valence-corrected chi connectivity index (χ0v) is 4.46. The molecule has 0 aromatic heterocycles. The Kier molecular flexibility index (Phi) is 1.32. The van der Waals surface area contributed by atoms with Crippen molar-refractivity contribution >= 4 is 0 Å². The lowest BCUT2D eigenvalue weighted by Crippen LogP contribution is -1.97. The van der Waals surface area contributed by atoms with E-state index in [1.54, 1.807) is 6.08 Å². The van der Waals surface area contributed by atoms with Crippen LogP contribution in [0.2, 0.25) is 0 Å². The van der Waals surface area contributed by atoms with Crippen LogP contribution in [0, 0.1) is 11.3 Å². The molecule has 0 spiro atoms. The van der Waals surface area contributed by atoms with E-state index in [2.05, 4.69) is 0 Å². The second-order valence-corrected chi connectivity index (χ2v) is 1.93. The predicted molar refractivity (Wildman–Crippen MR) is 28.9 cm³/mol. The van der Waals surface area contributed by atoms with Crippen LogP contribution in [0.3, 0.4) is 0 Å². The summed E-state index contributed by atoms with van der Waals surface area (Å²) in [6, 6.07) is 2.00. The molecule has 0 aromatic carbocycles. The number of aliphatic hydroxyl groups is 1. The summed E-state index contributed by atoms with van der Waals surface area (Å²) in [6.45, 7) is 0. The first kappa shape index (κ1) is 5.33. The first-order valence-corrected chi connectivity index (χ1v) is 2.60. The molecule has 1 aliphatic rings. The van der Waals surface area contributed by atoms with Gasteiger partial charge in [0.1, 0.15) is 0 Å². The van der Waals surface area contributed by atoms with E-state index < -0.39 is 0 Å². The molecular weight excluding hydrogens is 102 g/mol. The maximum atomic E-state index is 8.83. The summed E-state index contributed by atoms with van der Waals surface area (Å²) in [5.74, 6) is 0. The molecule has 2 heteroatoms. The molecule has 0 saturated carbocycles. The highest BCUT2D eigenvalue weighted by Gasteiger charge is 2.12. The smallest absolute Gasteiger partial charge is 0.0944 e. The van der Waals surface area contributed by atoms with Crippen LogP contribution in [0.4, 0.5) is 0 Å². The Balaban J connectivity index is 2.53. The van der Waals surface area contributed by atoms with Crippen molar-refractivity contribution in [3.05, 3.63) is 11.6 Å². The van der Waals surface area contributed by atoms with Gasteiger partial charge in [0.15, 0.2) is 0 Å². The molecule has 1 N–H and O–H groups in total. The first-order chi connectivity index (χ1) is 3.83. The standard InChI is InChI=1S/C6H7NO/c7-4-5-1-2-6(8)3-5/h1,6,8H,2-3H2. The molecule has 0 bridgehead atoms. The van der Waals surface area contributed by atoms with E-state index in [9.17, 15) is 0 Å². The molecule has 0 fully saturated rings. The highest BCUT2D eigenvalue weighted by molar-refractivity contribution is 5.25. The van der Waals surface area contributed by atoms with Crippen LogP contribution in [0.1, 0.15) is 12.8 Å². The summed E-state index contributed by atoms with van der Waals surface area (Å²) in [7, 11) is 0. The van der Waals surface area contributed by atoms with Gasteiger partial charge in [0.2, 0.25) is 0 Å². The van der Waals surface area contributed by atoms with Crippen molar-refractivity contribution in [1.29, 1.82) is 5.26 Å². The van der Waals surface area contributed by atoms with Gasteiger partial charge >= 0.3 is 0 Å². The molecule has 0 saturated heterocycles. The number of nitriles is 1. The average molecular weight is 109 g/mol. The number of rotatable bonds is 0. The van der Waals surface area contributed by atoms with E-state index in [0.717, 1.165) is 5.57 Å². The predicted octanol–water partition coefficient (Wildman–Crippen LogP) is 0.591.